The predicted octanol–water partition coefficient (Wildman–Crippen LogP) is 1.79. The molecule has 0 radical (unpaired) electrons. The molecule has 49 heavy (non-hydrogen) atoms. The molecule has 280 valence electrons. The fourth-order valence-electron chi connectivity index (χ4n) is 4.17. The van der Waals surface area contributed by atoms with E-state index in [9.17, 15) is 14.4 Å². The molecule has 0 N–H and O–H groups in total. The Morgan fingerprint density at radius 2 is 0.755 bits per heavy atom. The highest BCUT2D eigenvalue weighted by Gasteiger charge is 2.34. The number of fused-ring (bicyclic) bond motifs is 1. The fourth-order valence-corrected chi connectivity index (χ4v) is 4.17. The van der Waals surface area contributed by atoms with E-state index in [1.807, 2.05) is 6.92 Å². The van der Waals surface area contributed by atoms with Crippen LogP contribution in [0.1, 0.15) is 40.5 Å². The molecule has 0 aromatic heterocycles. The normalized spacial score (nSPS) is 12.6. The van der Waals surface area contributed by atoms with E-state index in [2.05, 4.69) is 0 Å². The van der Waals surface area contributed by atoms with E-state index in [0.717, 1.165) is 6.42 Å². The zero-order valence-electron chi connectivity index (χ0n) is 28.9. The van der Waals surface area contributed by atoms with Crippen LogP contribution >= 0.6 is 0 Å². The Morgan fingerprint density at radius 1 is 0.469 bits per heavy atom. The number of amides is 2. The Hall–Kier alpha value is -2.57. The van der Waals surface area contributed by atoms with Gasteiger partial charge in [-0.3, -0.25) is 19.3 Å². The minimum absolute atomic E-state index is 0.195. The highest BCUT2D eigenvalue weighted by molar-refractivity contribution is 6.21. The Kier molecular flexibility index (Phi) is 26.3. The summed E-state index contributed by atoms with van der Waals surface area (Å²) >= 11 is 0. The second-order valence-corrected chi connectivity index (χ2v) is 10.4. The first-order chi connectivity index (χ1) is 24.1. The number of nitrogens with zero attached hydrogens (tertiary/aromatic N) is 1. The number of carbonyl (C=O) groups is 3. The standard InChI is InChI=1S/C34H55NO14/c1-2-5-32(36)49-29-28-48-27-26-47-25-24-46-23-22-45-21-20-44-19-18-43-17-16-42-15-14-41-13-12-40-11-10-39-9-8-35-33(37)30-6-3-4-7-31(30)34(35)38/h3-4,6-7H,2,5,8-29H2,1H3. The maximum atomic E-state index is 12.3. The number of hydrogen-bond acceptors (Lipinski definition) is 14. The van der Waals surface area contributed by atoms with Gasteiger partial charge in [0.2, 0.25) is 0 Å². The van der Waals surface area contributed by atoms with Gasteiger partial charge in [-0.25, -0.2) is 0 Å². The molecular weight excluding hydrogens is 646 g/mol. The largest absolute Gasteiger partial charge is 0.463 e. The van der Waals surface area contributed by atoms with Gasteiger partial charge in [0.1, 0.15) is 6.61 Å². The summed E-state index contributed by atoms with van der Waals surface area (Å²) in [4.78, 5) is 37.0. The number of hydrogen-bond donors (Lipinski definition) is 0. The number of benzene rings is 1. The molecule has 0 spiro atoms. The lowest BCUT2D eigenvalue weighted by molar-refractivity contribution is -0.145. The van der Waals surface area contributed by atoms with Gasteiger partial charge < -0.3 is 52.1 Å². The summed E-state index contributed by atoms with van der Waals surface area (Å²) in [7, 11) is 0. The minimum atomic E-state index is -0.281. The van der Waals surface area contributed by atoms with Crippen molar-refractivity contribution in [2.24, 2.45) is 0 Å². The van der Waals surface area contributed by atoms with Crippen LogP contribution in [0.5, 0.6) is 0 Å². The number of rotatable bonds is 35. The van der Waals surface area contributed by atoms with Gasteiger partial charge in [0.15, 0.2) is 0 Å². The molecule has 2 amide bonds. The monoisotopic (exact) mass is 701 g/mol. The molecule has 15 heteroatoms. The SMILES string of the molecule is CCCC(=O)OCCOCCOCCOCCOCCOCCOCCOCCOCCOCCOCCN1C(=O)c2ccccc2C1=O. The Balaban J connectivity index is 1.17. The van der Waals surface area contributed by atoms with Gasteiger partial charge in [-0.1, -0.05) is 19.1 Å². The van der Waals surface area contributed by atoms with E-state index < -0.39 is 0 Å². The lowest BCUT2D eigenvalue weighted by atomic mass is 10.1. The molecule has 1 heterocycles. The third-order valence-corrected chi connectivity index (χ3v) is 6.63. The molecule has 0 atom stereocenters. The third-order valence-electron chi connectivity index (χ3n) is 6.63. The molecule has 0 aliphatic carbocycles. The number of carbonyl (C=O) groups excluding carboxylic acids is 3. The van der Waals surface area contributed by atoms with Crippen molar-refractivity contribution >= 4 is 17.8 Å². The molecule has 0 fully saturated rings. The van der Waals surface area contributed by atoms with E-state index in [-0.39, 0.29) is 37.5 Å². The second kappa shape index (κ2) is 30.3. The molecular formula is C34H55NO14. The highest BCUT2D eigenvalue weighted by atomic mass is 16.6. The van der Waals surface area contributed by atoms with Gasteiger partial charge in [0.25, 0.3) is 11.8 Å². The molecule has 2 rings (SSSR count). The van der Waals surface area contributed by atoms with Crippen LogP contribution in [0, 0.1) is 0 Å². The topological polar surface area (TPSA) is 156 Å². The van der Waals surface area contributed by atoms with E-state index in [4.69, 9.17) is 52.1 Å². The van der Waals surface area contributed by atoms with E-state index in [0.29, 0.717) is 143 Å². The van der Waals surface area contributed by atoms with Crippen molar-refractivity contribution in [3.05, 3.63) is 35.4 Å². The Labute approximate surface area is 289 Å². The number of imide groups is 1. The van der Waals surface area contributed by atoms with Gasteiger partial charge in [0, 0.05) is 6.42 Å². The van der Waals surface area contributed by atoms with Crippen molar-refractivity contribution in [3.8, 4) is 0 Å². The Morgan fingerprint density at radius 3 is 1.06 bits per heavy atom. The predicted molar refractivity (Wildman–Crippen MR) is 176 cm³/mol. The molecule has 15 nitrogen and oxygen atoms in total. The summed E-state index contributed by atoms with van der Waals surface area (Å²) in [6, 6.07) is 6.81. The van der Waals surface area contributed by atoms with Crippen LogP contribution in [0.3, 0.4) is 0 Å². The fraction of sp³-hybridized carbons (Fsp3) is 0.735. The van der Waals surface area contributed by atoms with Crippen LogP contribution in [-0.4, -0.2) is 168 Å². The summed E-state index contributed by atoms with van der Waals surface area (Å²) in [5.41, 5.74) is 0.878. The van der Waals surface area contributed by atoms with Gasteiger partial charge >= 0.3 is 5.97 Å². The molecule has 1 aliphatic heterocycles. The second-order valence-electron chi connectivity index (χ2n) is 10.4. The first-order valence-electron chi connectivity index (χ1n) is 17.0. The lowest BCUT2D eigenvalue weighted by Gasteiger charge is -2.13. The third kappa shape index (κ3) is 21.3. The van der Waals surface area contributed by atoms with Gasteiger partial charge in [-0.15, -0.1) is 0 Å². The van der Waals surface area contributed by atoms with Crippen molar-refractivity contribution < 1.29 is 66.5 Å². The first-order valence-corrected chi connectivity index (χ1v) is 17.0. The van der Waals surface area contributed by atoms with E-state index >= 15 is 0 Å². The average Bonchev–Trinajstić information content (AvgIpc) is 3.35. The van der Waals surface area contributed by atoms with Crippen LogP contribution in [0.2, 0.25) is 0 Å². The average molecular weight is 702 g/mol. The number of esters is 1. The Bertz CT molecular complexity index is 962. The zero-order chi connectivity index (χ0) is 35.0. The molecule has 1 aliphatic rings. The molecule has 0 unspecified atom stereocenters. The summed E-state index contributed by atoms with van der Waals surface area (Å²) in [5, 5.41) is 0. The lowest BCUT2D eigenvalue weighted by Crippen LogP contribution is -2.33. The summed E-state index contributed by atoms with van der Waals surface area (Å²) in [6.07, 6.45) is 1.21. The summed E-state index contributed by atoms with van der Waals surface area (Å²) < 4.78 is 59.5. The minimum Gasteiger partial charge on any atom is -0.463 e. The van der Waals surface area contributed by atoms with Crippen LogP contribution in [0.15, 0.2) is 24.3 Å². The molecule has 1 aromatic carbocycles. The molecule has 0 saturated heterocycles. The smallest absolute Gasteiger partial charge is 0.305 e. The van der Waals surface area contributed by atoms with Crippen molar-refractivity contribution in [1.29, 1.82) is 0 Å². The molecule has 0 bridgehead atoms. The zero-order valence-corrected chi connectivity index (χ0v) is 28.9. The maximum Gasteiger partial charge on any atom is 0.305 e. The summed E-state index contributed by atoms with van der Waals surface area (Å²) in [6.45, 7) is 11.2. The summed E-state index contributed by atoms with van der Waals surface area (Å²) in [5.74, 6) is -0.756. The van der Waals surface area contributed by atoms with Gasteiger partial charge in [0.05, 0.1) is 150 Å². The van der Waals surface area contributed by atoms with E-state index in [1.165, 1.54) is 4.90 Å². The van der Waals surface area contributed by atoms with Gasteiger partial charge in [-0.2, -0.15) is 0 Å². The van der Waals surface area contributed by atoms with Crippen LogP contribution in [-0.2, 0) is 56.9 Å². The van der Waals surface area contributed by atoms with Crippen LogP contribution < -0.4 is 0 Å². The quantitative estimate of drug-likeness (QED) is 0.0574. The van der Waals surface area contributed by atoms with Crippen LogP contribution in [0.25, 0.3) is 0 Å². The van der Waals surface area contributed by atoms with E-state index in [1.54, 1.807) is 24.3 Å². The van der Waals surface area contributed by atoms with Crippen LogP contribution in [0.4, 0.5) is 0 Å². The highest BCUT2D eigenvalue weighted by Crippen LogP contribution is 2.21. The van der Waals surface area contributed by atoms with Crippen molar-refractivity contribution in [2.75, 3.05) is 145 Å². The van der Waals surface area contributed by atoms with Crippen molar-refractivity contribution in [2.45, 2.75) is 19.8 Å². The molecule has 1 aromatic rings. The molecule has 0 saturated carbocycles. The number of ether oxygens (including phenoxy) is 11. The van der Waals surface area contributed by atoms with Crippen molar-refractivity contribution in [1.82, 2.24) is 4.90 Å². The van der Waals surface area contributed by atoms with Crippen molar-refractivity contribution in [3.63, 3.8) is 0 Å². The van der Waals surface area contributed by atoms with Gasteiger partial charge in [-0.05, 0) is 18.6 Å². The first kappa shape index (κ1) is 42.6. The maximum absolute atomic E-state index is 12.3.